The van der Waals surface area contributed by atoms with E-state index in [1.54, 1.807) is 0 Å². The van der Waals surface area contributed by atoms with Gasteiger partial charge in [-0.15, -0.1) is 0 Å². The van der Waals surface area contributed by atoms with Crippen LogP contribution in [0, 0.1) is 5.41 Å². The zero-order chi connectivity index (χ0) is 18.7. The van der Waals surface area contributed by atoms with Gasteiger partial charge in [-0.25, -0.2) is 9.97 Å². The standard InChI is InChI=1S/C21H25N5O/c22-18-13-19(24-16-23-18)25-11-8-21(9-12-25)14-20(27)26(15-21)10-4-7-17-5-2-1-3-6-17/h1-7,13,16H,8-12,14-15H2,(H2,22,23,24)/b7-4+. The molecule has 2 aromatic rings. The molecule has 1 spiro atoms. The number of carbonyl (C=O) groups is 1. The molecule has 1 amide bonds. The van der Waals surface area contributed by atoms with Crippen LogP contribution in [0.5, 0.6) is 0 Å². The van der Waals surface area contributed by atoms with Crippen LogP contribution in [0.25, 0.3) is 6.08 Å². The monoisotopic (exact) mass is 363 g/mol. The van der Waals surface area contributed by atoms with E-state index < -0.39 is 0 Å². The number of nitrogens with two attached hydrogens (primary N) is 1. The fourth-order valence-corrected chi connectivity index (χ4v) is 4.11. The number of hydrogen-bond donors (Lipinski definition) is 1. The van der Waals surface area contributed by atoms with Crippen LogP contribution in [-0.2, 0) is 4.79 Å². The third-order valence-electron chi connectivity index (χ3n) is 5.66. The molecule has 0 unspecified atom stereocenters. The minimum Gasteiger partial charge on any atom is -0.384 e. The second kappa shape index (κ2) is 7.39. The van der Waals surface area contributed by atoms with Gasteiger partial charge in [-0.05, 0) is 18.4 Å². The lowest BCUT2D eigenvalue weighted by atomic mass is 9.77. The normalized spacial score (nSPS) is 19.3. The minimum atomic E-state index is 0.104. The van der Waals surface area contributed by atoms with Gasteiger partial charge < -0.3 is 15.5 Å². The van der Waals surface area contributed by atoms with Gasteiger partial charge >= 0.3 is 0 Å². The van der Waals surface area contributed by atoms with Gasteiger partial charge in [0.1, 0.15) is 18.0 Å². The van der Waals surface area contributed by atoms with E-state index in [9.17, 15) is 4.79 Å². The summed E-state index contributed by atoms with van der Waals surface area (Å²) in [6.07, 6.45) is 8.34. The molecular formula is C21H25N5O. The number of piperidine rings is 1. The highest BCUT2D eigenvalue weighted by Gasteiger charge is 2.44. The summed E-state index contributed by atoms with van der Waals surface area (Å²) in [6, 6.07) is 12.0. The van der Waals surface area contributed by atoms with Crippen molar-refractivity contribution in [2.45, 2.75) is 19.3 Å². The minimum absolute atomic E-state index is 0.104. The molecule has 0 aliphatic carbocycles. The molecule has 6 nitrogen and oxygen atoms in total. The first-order valence-corrected chi connectivity index (χ1v) is 9.45. The molecule has 3 heterocycles. The van der Waals surface area contributed by atoms with Crippen LogP contribution in [0.3, 0.4) is 0 Å². The summed E-state index contributed by atoms with van der Waals surface area (Å²) >= 11 is 0. The Hall–Kier alpha value is -2.89. The molecule has 0 radical (unpaired) electrons. The zero-order valence-electron chi connectivity index (χ0n) is 15.4. The number of aromatic nitrogens is 2. The fourth-order valence-electron chi connectivity index (χ4n) is 4.11. The highest BCUT2D eigenvalue weighted by Crippen LogP contribution is 2.41. The number of anilines is 2. The van der Waals surface area contributed by atoms with Crippen molar-refractivity contribution in [3.05, 3.63) is 54.4 Å². The molecule has 0 bridgehead atoms. The molecular weight excluding hydrogens is 338 g/mol. The van der Waals surface area contributed by atoms with E-state index in [1.165, 1.54) is 6.33 Å². The number of rotatable bonds is 4. The summed E-state index contributed by atoms with van der Waals surface area (Å²) < 4.78 is 0. The maximum atomic E-state index is 12.5. The van der Waals surface area contributed by atoms with Crippen LogP contribution >= 0.6 is 0 Å². The van der Waals surface area contributed by atoms with Crippen LogP contribution in [0.1, 0.15) is 24.8 Å². The van der Waals surface area contributed by atoms with Gasteiger partial charge in [-0.1, -0.05) is 42.5 Å². The number of amides is 1. The average Bonchev–Trinajstić information content (AvgIpc) is 2.98. The first kappa shape index (κ1) is 17.5. The second-order valence-corrected chi connectivity index (χ2v) is 7.55. The van der Waals surface area contributed by atoms with Crippen LogP contribution in [0.2, 0.25) is 0 Å². The van der Waals surface area contributed by atoms with Gasteiger partial charge in [0, 0.05) is 44.1 Å². The average molecular weight is 363 g/mol. The predicted octanol–water partition coefficient (Wildman–Crippen LogP) is 2.59. The van der Waals surface area contributed by atoms with Crippen LogP contribution < -0.4 is 10.6 Å². The molecule has 2 fully saturated rings. The number of nitrogen functional groups attached to an aromatic ring is 1. The Balaban J connectivity index is 1.34. The number of hydrogen-bond acceptors (Lipinski definition) is 5. The Kier molecular flexibility index (Phi) is 4.79. The Morgan fingerprint density at radius 1 is 1.15 bits per heavy atom. The van der Waals surface area contributed by atoms with E-state index in [0.717, 1.165) is 43.9 Å². The van der Waals surface area contributed by atoms with Gasteiger partial charge in [-0.2, -0.15) is 0 Å². The third-order valence-corrected chi connectivity index (χ3v) is 5.66. The van der Waals surface area contributed by atoms with Crippen LogP contribution in [0.4, 0.5) is 11.6 Å². The predicted molar refractivity (Wildman–Crippen MR) is 107 cm³/mol. The number of likely N-dealkylation sites (tertiary alicyclic amines) is 1. The van der Waals surface area contributed by atoms with Gasteiger partial charge in [0.2, 0.25) is 5.91 Å². The first-order chi connectivity index (χ1) is 13.1. The summed E-state index contributed by atoms with van der Waals surface area (Å²) in [4.78, 5) is 25.1. The van der Waals surface area contributed by atoms with Gasteiger partial charge in [0.05, 0.1) is 0 Å². The molecule has 1 aromatic carbocycles. The lowest BCUT2D eigenvalue weighted by molar-refractivity contribution is -0.127. The Morgan fingerprint density at radius 2 is 1.93 bits per heavy atom. The van der Waals surface area contributed by atoms with E-state index >= 15 is 0 Å². The largest absolute Gasteiger partial charge is 0.384 e. The van der Waals surface area contributed by atoms with Crippen molar-refractivity contribution in [2.24, 2.45) is 5.41 Å². The Morgan fingerprint density at radius 3 is 2.67 bits per heavy atom. The van der Waals surface area contributed by atoms with Crippen molar-refractivity contribution < 1.29 is 4.79 Å². The molecule has 0 atom stereocenters. The lowest BCUT2D eigenvalue weighted by Gasteiger charge is -2.39. The maximum absolute atomic E-state index is 12.5. The Labute approximate surface area is 159 Å². The highest BCUT2D eigenvalue weighted by atomic mass is 16.2. The number of benzene rings is 1. The molecule has 2 aliphatic heterocycles. The molecule has 4 rings (SSSR count). The number of carbonyl (C=O) groups excluding carboxylic acids is 1. The zero-order valence-corrected chi connectivity index (χ0v) is 15.4. The van der Waals surface area contributed by atoms with Crippen molar-refractivity contribution in [1.29, 1.82) is 0 Å². The molecule has 2 N–H and O–H groups in total. The second-order valence-electron chi connectivity index (χ2n) is 7.55. The molecule has 140 valence electrons. The van der Waals surface area contributed by atoms with Gasteiger partial charge in [0.15, 0.2) is 0 Å². The summed E-state index contributed by atoms with van der Waals surface area (Å²) in [5, 5.41) is 0. The SMILES string of the molecule is Nc1cc(N2CCC3(CC2)CC(=O)N(C/C=C/c2ccccc2)C3)ncn1. The smallest absolute Gasteiger partial charge is 0.223 e. The van der Waals surface area contributed by atoms with E-state index in [-0.39, 0.29) is 11.3 Å². The topological polar surface area (TPSA) is 75.3 Å². The molecule has 2 saturated heterocycles. The first-order valence-electron chi connectivity index (χ1n) is 9.45. The van der Waals surface area contributed by atoms with E-state index in [4.69, 9.17) is 5.73 Å². The van der Waals surface area contributed by atoms with Crippen molar-refractivity contribution in [3.8, 4) is 0 Å². The third kappa shape index (κ3) is 3.94. The van der Waals surface area contributed by atoms with E-state index in [1.807, 2.05) is 29.2 Å². The van der Waals surface area contributed by atoms with Crippen molar-refractivity contribution in [3.63, 3.8) is 0 Å². The molecule has 0 saturated carbocycles. The lowest BCUT2D eigenvalue weighted by Crippen LogP contribution is -2.42. The molecule has 6 heteroatoms. The quantitative estimate of drug-likeness (QED) is 0.904. The summed E-state index contributed by atoms with van der Waals surface area (Å²) in [6.45, 7) is 3.33. The Bertz CT molecular complexity index is 827. The van der Waals surface area contributed by atoms with Crippen molar-refractivity contribution >= 4 is 23.6 Å². The molecule has 2 aliphatic rings. The highest BCUT2D eigenvalue weighted by molar-refractivity contribution is 5.80. The maximum Gasteiger partial charge on any atom is 0.223 e. The summed E-state index contributed by atoms with van der Waals surface area (Å²) in [5.74, 6) is 1.64. The van der Waals surface area contributed by atoms with Crippen molar-refractivity contribution in [1.82, 2.24) is 14.9 Å². The molecule has 27 heavy (non-hydrogen) atoms. The van der Waals surface area contributed by atoms with Gasteiger partial charge in [0.25, 0.3) is 0 Å². The summed E-state index contributed by atoms with van der Waals surface area (Å²) in [7, 11) is 0. The van der Waals surface area contributed by atoms with Crippen LogP contribution in [-0.4, -0.2) is 47.0 Å². The number of nitrogens with zero attached hydrogens (tertiary/aromatic N) is 4. The van der Waals surface area contributed by atoms with E-state index in [0.29, 0.717) is 18.8 Å². The van der Waals surface area contributed by atoms with Crippen molar-refractivity contribution in [2.75, 3.05) is 36.8 Å². The fraction of sp³-hybridized carbons (Fsp3) is 0.381. The summed E-state index contributed by atoms with van der Waals surface area (Å²) in [5.41, 5.74) is 7.04. The van der Waals surface area contributed by atoms with Crippen LogP contribution in [0.15, 0.2) is 48.8 Å². The molecule has 1 aromatic heterocycles. The van der Waals surface area contributed by atoms with Gasteiger partial charge in [-0.3, -0.25) is 4.79 Å². The van der Waals surface area contributed by atoms with E-state index in [2.05, 4.69) is 39.2 Å².